The van der Waals surface area contributed by atoms with Gasteiger partial charge in [-0.3, -0.25) is 0 Å². The second-order valence-corrected chi connectivity index (χ2v) is 6.39. The van der Waals surface area contributed by atoms with Crippen LogP contribution >= 0.6 is 0 Å². The molecule has 0 aliphatic carbocycles. The summed E-state index contributed by atoms with van der Waals surface area (Å²) in [6, 6.07) is 6.14. The van der Waals surface area contributed by atoms with E-state index >= 15 is 0 Å². The van der Waals surface area contributed by atoms with E-state index in [2.05, 4.69) is 36.1 Å². The molecule has 2 saturated heterocycles. The number of nitrogens with zero attached hydrogens (tertiary/aromatic N) is 5. The summed E-state index contributed by atoms with van der Waals surface area (Å²) in [5, 5.41) is 3.43. The number of morpholine rings is 1. The first-order chi connectivity index (χ1) is 12.4. The first-order valence-electron chi connectivity index (χ1n) is 8.97. The quantitative estimate of drug-likeness (QED) is 0.892. The molecule has 2 fully saturated rings. The maximum atomic E-state index is 5.45. The number of aromatic nitrogens is 3. The smallest absolute Gasteiger partial charge is 0.134 e. The molecule has 0 atom stereocenters. The Kier molecular flexibility index (Phi) is 4.92. The monoisotopic (exact) mass is 340 g/mol. The summed E-state index contributed by atoms with van der Waals surface area (Å²) in [4.78, 5) is 18.0. The SMILES string of the molecule is c1cnc(N2CCOCC2)c(CNc2cc(N3CCCC3)ncn2)c1. The van der Waals surface area contributed by atoms with Crippen molar-refractivity contribution in [2.45, 2.75) is 19.4 Å². The van der Waals surface area contributed by atoms with Crippen molar-refractivity contribution in [3.05, 3.63) is 36.3 Å². The Morgan fingerprint density at radius 3 is 2.68 bits per heavy atom. The van der Waals surface area contributed by atoms with Gasteiger partial charge in [-0.1, -0.05) is 6.07 Å². The molecule has 0 bridgehead atoms. The van der Waals surface area contributed by atoms with Crippen LogP contribution in [0, 0.1) is 0 Å². The molecule has 0 unspecified atom stereocenters. The maximum Gasteiger partial charge on any atom is 0.134 e. The van der Waals surface area contributed by atoms with Crippen LogP contribution in [-0.2, 0) is 11.3 Å². The van der Waals surface area contributed by atoms with Crippen molar-refractivity contribution < 1.29 is 4.74 Å². The summed E-state index contributed by atoms with van der Waals surface area (Å²) in [5.41, 5.74) is 1.17. The second-order valence-electron chi connectivity index (χ2n) is 6.39. The van der Waals surface area contributed by atoms with Gasteiger partial charge in [0.25, 0.3) is 0 Å². The topological polar surface area (TPSA) is 66.4 Å². The van der Waals surface area contributed by atoms with E-state index < -0.39 is 0 Å². The van der Waals surface area contributed by atoms with Gasteiger partial charge in [0.15, 0.2) is 0 Å². The molecule has 7 heteroatoms. The molecule has 4 rings (SSSR count). The van der Waals surface area contributed by atoms with Gasteiger partial charge in [-0.05, 0) is 18.9 Å². The number of rotatable bonds is 5. The van der Waals surface area contributed by atoms with Gasteiger partial charge in [0.2, 0.25) is 0 Å². The van der Waals surface area contributed by atoms with Crippen LogP contribution in [0.5, 0.6) is 0 Å². The van der Waals surface area contributed by atoms with Gasteiger partial charge in [-0.25, -0.2) is 15.0 Å². The van der Waals surface area contributed by atoms with Crippen molar-refractivity contribution in [2.24, 2.45) is 0 Å². The number of nitrogens with one attached hydrogen (secondary N) is 1. The molecule has 0 spiro atoms. The number of hydrogen-bond donors (Lipinski definition) is 1. The van der Waals surface area contributed by atoms with E-state index in [1.165, 1.54) is 18.4 Å². The van der Waals surface area contributed by atoms with Crippen LogP contribution in [0.25, 0.3) is 0 Å². The molecule has 2 aliphatic rings. The lowest BCUT2D eigenvalue weighted by atomic mass is 10.2. The highest BCUT2D eigenvalue weighted by molar-refractivity contribution is 5.52. The van der Waals surface area contributed by atoms with Gasteiger partial charge >= 0.3 is 0 Å². The Bertz CT molecular complexity index is 697. The fourth-order valence-electron chi connectivity index (χ4n) is 3.38. The Morgan fingerprint density at radius 2 is 1.84 bits per heavy atom. The summed E-state index contributed by atoms with van der Waals surface area (Å²) < 4.78 is 5.45. The summed E-state index contributed by atoms with van der Waals surface area (Å²) >= 11 is 0. The molecule has 0 aromatic carbocycles. The molecule has 0 saturated carbocycles. The molecule has 2 aromatic heterocycles. The summed E-state index contributed by atoms with van der Waals surface area (Å²) in [6.07, 6.45) is 5.98. The van der Waals surface area contributed by atoms with Gasteiger partial charge < -0.3 is 19.9 Å². The zero-order valence-electron chi connectivity index (χ0n) is 14.4. The van der Waals surface area contributed by atoms with E-state index in [9.17, 15) is 0 Å². The number of hydrogen-bond acceptors (Lipinski definition) is 7. The molecule has 4 heterocycles. The van der Waals surface area contributed by atoms with E-state index in [1.54, 1.807) is 6.33 Å². The Labute approximate surface area is 148 Å². The molecule has 7 nitrogen and oxygen atoms in total. The fourth-order valence-corrected chi connectivity index (χ4v) is 3.38. The third kappa shape index (κ3) is 3.82. The molecular weight excluding hydrogens is 316 g/mol. The first kappa shape index (κ1) is 16.1. The zero-order valence-corrected chi connectivity index (χ0v) is 14.4. The minimum atomic E-state index is 0.691. The average Bonchev–Trinajstić information content (AvgIpc) is 3.22. The van der Waals surface area contributed by atoms with Crippen molar-refractivity contribution in [2.75, 3.05) is 54.5 Å². The van der Waals surface area contributed by atoms with Crippen LogP contribution in [0.1, 0.15) is 18.4 Å². The number of pyridine rings is 1. The highest BCUT2D eigenvalue weighted by Crippen LogP contribution is 2.22. The fraction of sp³-hybridized carbons (Fsp3) is 0.500. The van der Waals surface area contributed by atoms with Gasteiger partial charge in [0, 0.05) is 50.6 Å². The number of anilines is 3. The highest BCUT2D eigenvalue weighted by Gasteiger charge is 2.16. The lowest BCUT2D eigenvalue weighted by Crippen LogP contribution is -2.37. The lowest BCUT2D eigenvalue weighted by Gasteiger charge is -2.29. The summed E-state index contributed by atoms with van der Waals surface area (Å²) in [5.74, 6) is 2.90. The zero-order chi connectivity index (χ0) is 16.9. The predicted molar refractivity (Wildman–Crippen MR) is 98.1 cm³/mol. The first-order valence-corrected chi connectivity index (χ1v) is 8.97. The Hall–Kier alpha value is -2.41. The predicted octanol–water partition coefficient (Wildman–Crippen LogP) is 1.92. The van der Waals surface area contributed by atoms with Crippen molar-refractivity contribution in [3.8, 4) is 0 Å². The average molecular weight is 340 g/mol. The summed E-state index contributed by atoms with van der Waals surface area (Å²) in [7, 11) is 0. The maximum absolute atomic E-state index is 5.45. The van der Waals surface area contributed by atoms with E-state index in [0.29, 0.717) is 6.54 Å². The third-order valence-electron chi connectivity index (χ3n) is 4.72. The number of ether oxygens (including phenoxy) is 1. The minimum Gasteiger partial charge on any atom is -0.378 e. The van der Waals surface area contributed by atoms with Crippen LogP contribution in [0.3, 0.4) is 0 Å². The van der Waals surface area contributed by atoms with Crippen molar-refractivity contribution in [1.82, 2.24) is 15.0 Å². The molecule has 1 N–H and O–H groups in total. The van der Waals surface area contributed by atoms with E-state index in [4.69, 9.17) is 4.74 Å². The molecular formula is C18H24N6O. The molecule has 2 aromatic rings. The molecule has 25 heavy (non-hydrogen) atoms. The van der Waals surface area contributed by atoms with E-state index in [-0.39, 0.29) is 0 Å². The van der Waals surface area contributed by atoms with Crippen LogP contribution in [0.2, 0.25) is 0 Å². The lowest BCUT2D eigenvalue weighted by molar-refractivity contribution is 0.122. The summed E-state index contributed by atoms with van der Waals surface area (Å²) in [6.45, 7) is 6.15. The third-order valence-corrected chi connectivity index (χ3v) is 4.72. The Balaban J connectivity index is 1.45. The molecule has 2 aliphatic heterocycles. The van der Waals surface area contributed by atoms with Gasteiger partial charge in [0.1, 0.15) is 23.8 Å². The largest absolute Gasteiger partial charge is 0.378 e. The van der Waals surface area contributed by atoms with Gasteiger partial charge in [-0.15, -0.1) is 0 Å². The van der Waals surface area contributed by atoms with Crippen LogP contribution < -0.4 is 15.1 Å². The van der Waals surface area contributed by atoms with E-state index in [1.807, 2.05) is 18.3 Å². The minimum absolute atomic E-state index is 0.691. The molecule has 132 valence electrons. The van der Waals surface area contributed by atoms with Gasteiger partial charge in [-0.2, -0.15) is 0 Å². The highest BCUT2D eigenvalue weighted by atomic mass is 16.5. The van der Waals surface area contributed by atoms with Gasteiger partial charge in [0.05, 0.1) is 13.2 Å². The van der Waals surface area contributed by atoms with Crippen LogP contribution in [-0.4, -0.2) is 54.3 Å². The molecule has 0 radical (unpaired) electrons. The van der Waals surface area contributed by atoms with Crippen molar-refractivity contribution >= 4 is 17.5 Å². The van der Waals surface area contributed by atoms with Crippen molar-refractivity contribution in [3.63, 3.8) is 0 Å². The normalized spacial score (nSPS) is 17.8. The van der Waals surface area contributed by atoms with Crippen molar-refractivity contribution in [1.29, 1.82) is 0 Å². The Morgan fingerprint density at radius 1 is 1.00 bits per heavy atom. The van der Waals surface area contributed by atoms with E-state index in [0.717, 1.165) is 56.8 Å². The van der Waals surface area contributed by atoms with Crippen LogP contribution in [0.4, 0.5) is 17.5 Å². The van der Waals surface area contributed by atoms with Crippen LogP contribution in [0.15, 0.2) is 30.7 Å². The second kappa shape index (κ2) is 7.65. The molecule has 0 amide bonds. The standard InChI is InChI=1S/C18H24N6O/c1-2-7-23(6-1)17-12-16(21-14-22-17)20-13-15-4-3-5-19-18(15)24-8-10-25-11-9-24/h3-5,12,14H,1-2,6-11,13H2,(H,20,21,22).